The first-order chi connectivity index (χ1) is 9.06. The van der Waals surface area contributed by atoms with Crippen LogP contribution in [-0.4, -0.2) is 41.7 Å². The van der Waals surface area contributed by atoms with Gasteiger partial charge >= 0.3 is 5.97 Å². The van der Waals surface area contributed by atoms with E-state index >= 15 is 0 Å². The molecule has 0 bridgehead atoms. The van der Waals surface area contributed by atoms with Crippen LogP contribution in [0.25, 0.3) is 0 Å². The highest BCUT2D eigenvalue weighted by Crippen LogP contribution is 2.31. The zero-order valence-electron chi connectivity index (χ0n) is 10.9. The Morgan fingerprint density at radius 1 is 1.63 bits per heavy atom. The Morgan fingerprint density at radius 2 is 2.37 bits per heavy atom. The van der Waals surface area contributed by atoms with E-state index in [0.717, 1.165) is 4.88 Å². The van der Waals surface area contributed by atoms with Crippen molar-refractivity contribution in [1.29, 1.82) is 0 Å². The highest BCUT2D eigenvalue weighted by Gasteiger charge is 2.33. The molecule has 1 aromatic rings. The van der Waals surface area contributed by atoms with Crippen molar-refractivity contribution in [2.45, 2.75) is 20.3 Å². The summed E-state index contributed by atoms with van der Waals surface area (Å²) >= 11 is 1.29. The molecule has 0 aromatic carbocycles. The highest BCUT2D eigenvalue weighted by molar-refractivity contribution is 7.16. The minimum absolute atomic E-state index is 0.0165. The highest BCUT2D eigenvalue weighted by atomic mass is 32.1. The van der Waals surface area contributed by atoms with Crippen LogP contribution in [0.4, 0.5) is 5.13 Å². The Labute approximate surface area is 115 Å². The van der Waals surface area contributed by atoms with Crippen molar-refractivity contribution in [3.05, 3.63) is 10.6 Å². The molecule has 104 valence electrons. The number of hydrogen-bond donors (Lipinski definition) is 1. The van der Waals surface area contributed by atoms with Crippen LogP contribution in [0.5, 0.6) is 0 Å². The molecule has 6 nitrogen and oxygen atoms in total. The average Bonchev–Trinajstić information content (AvgIpc) is 2.92. The summed E-state index contributed by atoms with van der Waals surface area (Å²) < 4.78 is 4.92. The SMILES string of the molecule is CCOC(=O)c1nc(N2CC(CO)CC2=O)sc1C. The van der Waals surface area contributed by atoms with Crippen molar-refractivity contribution >= 4 is 28.3 Å². The molecular weight excluding hydrogens is 268 g/mol. The quantitative estimate of drug-likeness (QED) is 0.833. The van der Waals surface area contributed by atoms with Crippen LogP contribution in [-0.2, 0) is 9.53 Å². The van der Waals surface area contributed by atoms with E-state index in [1.165, 1.54) is 16.2 Å². The zero-order valence-corrected chi connectivity index (χ0v) is 11.7. The number of nitrogens with zero attached hydrogens (tertiary/aromatic N) is 2. The Hall–Kier alpha value is -1.47. The van der Waals surface area contributed by atoms with Gasteiger partial charge in [-0.05, 0) is 13.8 Å². The molecule has 7 heteroatoms. The second-order valence-electron chi connectivity index (χ2n) is 4.38. The average molecular weight is 284 g/mol. The maximum Gasteiger partial charge on any atom is 0.358 e. The van der Waals surface area contributed by atoms with Crippen molar-refractivity contribution < 1.29 is 19.4 Å². The molecule has 0 spiro atoms. The minimum Gasteiger partial charge on any atom is -0.461 e. The lowest BCUT2D eigenvalue weighted by molar-refractivity contribution is -0.117. The van der Waals surface area contributed by atoms with Gasteiger partial charge in [-0.25, -0.2) is 9.78 Å². The number of ether oxygens (including phenoxy) is 1. The lowest BCUT2D eigenvalue weighted by Gasteiger charge is -2.11. The molecule has 1 N–H and O–H groups in total. The number of hydrogen-bond acceptors (Lipinski definition) is 6. The predicted molar refractivity (Wildman–Crippen MR) is 70.4 cm³/mol. The molecule has 1 unspecified atom stereocenters. The van der Waals surface area contributed by atoms with Crippen LogP contribution in [0, 0.1) is 12.8 Å². The molecule has 1 fully saturated rings. The van der Waals surface area contributed by atoms with Crippen molar-refractivity contribution in [2.24, 2.45) is 5.92 Å². The summed E-state index contributed by atoms with van der Waals surface area (Å²) in [6.07, 6.45) is 0.323. The molecule has 1 saturated heterocycles. The van der Waals surface area contributed by atoms with Gasteiger partial charge in [-0.15, -0.1) is 11.3 Å². The van der Waals surface area contributed by atoms with Gasteiger partial charge in [0, 0.05) is 30.4 Å². The van der Waals surface area contributed by atoms with Gasteiger partial charge < -0.3 is 9.84 Å². The second-order valence-corrected chi connectivity index (χ2v) is 5.56. The van der Waals surface area contributed by atoms with Crippen molar-refractivity contribution in [1.82, 2.24) is 4.98 Å². The Balaban J connectivity index is 2.20. The number of thiazole rings is 1. The van der Waals surface area contributed by atoms with Crippen LogP contribution in [0.2, 0.25) is 0 Å². The predicted octanol–water partition coefficient (Wildman–Crippen LogP) is 0.973. The van der Waals surface area contributed by atoms with Gasteiger partial charge in [-0.2, -0.15) is 0 Å². The van der Waals surface area contributed by atoms with E-state index in [4.69, 9.17) is 9.84 Å². The lowest BCUT2D eigenvalue weighted by atomic mass is 10.1. The molecular formula is C12H16N2O4S. The molecule has 1 aromatic heterocycles. The number of carbonyl (C=O) groups is 2. The van der Waals surface area contributed by atoms with Crippen LogP contribution < -0.4 is 4.90 Å². The van der Waals surface area contributed by atoms with Crippen LogP contribution in [0.3, 0.4) is 0 Å². The number of aromatic nitrogens is 1. The van der Waals surface area contributed by atoms with Crippen molar-refractivity contribution in [2.75, 3.05) is 24.7 Å². The number of rotatable bonds is 4. The van der Waals surface area contributed by atoms with Gasteiger partial charge in [-0.3, -0.25) is 9.69 Å². The first-order valence-electron chi connectivity index (χ1n) is 6.12. The fourth-order valence-electron chi connectivity index (χ4n) is 1.98. The van der Waals surface area contributed by atoms with Gasteiger partial charge in [0.1, 0.15) is 0 Å². The molecule has 0 aliphatic carbocycles. The Bertz CT molecular complexity index is 500. The van der Waals surface area contributed by atoms with Crippen LogP contribution in [0.15, 0.2) is 0 Å². The molecule has 2 rings (SSSR count). The number of esters is 1. The van der Waals surface area contributed by atoms with E-state index in [-0.39, 0.29) is 24.1 Å². The maximum atomic E-state index is 11.8. The van der Waals surface area contributed by atoms with Gasteiger partial charge in [0.15, 0.2) is 10.8 Å². The summed E-state index contributed by atoms with van der Waals surface area (Å²) in [6.45, 7) is 4.23. The summed E-state index contributed by atoms with van der Waals surface area (Å²) in [5.74, 6) is -0.584. The summed E-state index contributed by atoms with van der Waals surface area (Å²) in [6, 6.07) is 0. The largest absolute Gasteiger partial charge is 0.461 e. The van der Waals surface area contributed by atoms with E-state index in [1.54, 1.807) is 13.8 Å². The second kappa shape index (κ2) is 5.66. The fourth-order valence-corrected chi connectivity index (χ4v) is 2.90. The summed E-state index contributed by atoms with van der Waals surface area (Å²) in [5, 5.41) is 9.60. The topological polar surface area (TPSA) is 79.7 Å². The lowest BCUT2D eigenvalue weighted by Crippen LogP contribution is -2.24. The van der Waals surface area contributed by atoms with E-state index in [0.29, 0.717) is 24.7 Å². The molecule has 0 saturated carbocycles. The van der Waals surface area contributed by atoms with Crippen LogP contribution in [0.1, 0.15) is 28.7 Å². The molecule has 1 aliphatic heterocycles. The molecule has 19 heavy (non-hydrogen) atoms. The number of aliphatic hydroxyl groups excluding tert-OH is 1. The monoisotopic (exact) mass is 284 g/mol. The Morgan fingerprint density at radius 3 is 2.95 bits per heavy atom. The number of aryl methyl sites for hydroxylation is 1. The van der Waals surface area contributed by atoms with Crippen molar-refractivity contribution in [3.63, 3.8) is 0 Å². The van der Waals surface area contributed by atoms with Crippen molar-refractivity contribution in [3.8, 4) is 0 Å². The molecule has 1 atom stereocenters. The molecule has 1 amide bonds. The zero-order chi connectivity index (χ0) is 14.0. The molecule has 1 aliphatic rings. The standard InChI is InChI=1S/C12H16N2O4S/c1-3-18-11(17)10-7(2)19-12(13-10)14-5-8(6-15)4-9(14)16/h8,15H,3-6H2,1-2H3. The Kier molecular flexibility index (Phi) is 4.16. The van der Waals surface area contributed by atoms with Gasteiger partial charge in [0.2, 0.25) is 5.91 Å². The molecule has 0 radical (unpaired) electrons. The molecule has 2 heterocycles. The van der Waals surface area contributed by atoms with E-state index in [1.807, 2.05) is 0 Å². The summed E-state index contributed by atoms with van der Waals surface area (Å²) in [4.78, 5) is 30.0. The smallest absolute Gasteiger partial charge is 0.358 e. The van der Waals surface area contributed by atoms with E-state index in [9.17, 15) is 9.59 Å². The van der Waals surface area contributed by atoms with Gasteiger partial charge in [0.05, 0.1) is 6.61 Å². The number of aliphatic hydroxyl groups is 1. The number of anilines is 1. The van der Waals surface area contributed by atoms with Crippen LogP contribution >= 0.6 is 11.3 Å². The minimum atomic E-state index is -0.465. The third-order valence-electron chi connectivity index (χ3n) is 2.95. The summed E-state index contributed by atoms with van der Waals surface area (Å²) in [7, 11) is 0. The maximum absolute atomic E-state index is 11.8. The third kappa shape index (κ3) is 2.76. The first kappa shape index (κ1) is 14.0. The normalized spacial score (nSPS) is 19.0. The summed E-state index contributed by atoms with van der Waals surface area (Å²) in [5.41, 5.74) is 0.266. The number of amides is 1. The number of carbonyl (C=O) groups excluding carboxylic acids is 2. The van der Waals surface area contributed by atoms with Gasteiger partial charge in [-0.1, -0.05) is 0 Å². The fraction of sp³-hybridized carbons (Fsp3) is 0.583. The third-order valence-corrected chi connectivity index (χ3v) is 3.94. The van der Waals surface area contributed by atoms with E-state index in [2.05, 4.69) is 4.98 Å². The van der Waals surface area contributed by atoms with Gasteiger partial charge in [0.25, 0.3) is 0 Å². The van der Waals surface area contributed by atoms with E-state index < -0.39 is 5.97 Å². The first-order valence-corrected chi connectivity index (χ1v) is 6.94.